The van der Waals surface area contributed by atoms with Gasteiger partial charge in [0.25, 0.3) is 10.2 Å². The zero-order valence-corrected chi connectivity index (χ0v) is 13.1. The molecule has 0 aliphatic carbocycles. The lowest BCUT2D eigenvalue weighted by Gasteiger charge is -2.26. The van der Waals surface area contributed by atoms with Crippen LogP contribution in [0.5, 0.6) is 11.5 Å². The molecule has 0 aromatic heterocycles. The van der Waals surface area contributed by atoms with Crippen LogP contribution in [-0.2, 0) is 16.8 Å². The van der Waals surface area contributed by atoms with Crippen molar-refractivity contribution in [3.63, 3.8) is 0 Å². The van der Waals surface area contributed by atoms with Crippen LogP contribution in [0.15, 0.2) is 18.2 Å². The average Bonchev–Trinajstić information content (AvgIpc) is 2.53. The first kappa shape index (κ1) is 16.0. The van der Waals surface area contributed by atoms with Gasteiger partial charge >= 0.3 is 0 Å². The van der Waals surface area contributed by atoms with Crippen molar-refractivity contribution < 1.29 is 17.9 Å². The van der Waals surface area contributed by atoms with Crippen LogP contribution in [0.4, 0.5) is 0 Å². The van der Waals surface area contributed by atoms with Gasteiger partial charge in [-0.3, -0.25) is 0 Å². The summed E-state index contributed by atoms with van der Waals surface area (Å²) in [5.74, 6) is 1.28. The first-order chi connectivity index (χ1) is 10.1. The molecule has 0 amide bonds. The summed E-state index contributed by atoms with van der Waals surface area (Å²) < 4.78 is 38.9. The van der Waals surface area contributed by atoms with E-state index in [1.54, 1.807) is 32.4 Å². The van der Waals surface area contributed by atoms with Crippen molar-refractivity contribution >= 4 is 10.2 Å². The second-order valence-electron chi connectivity index (χ2n) is 4.65. The fourth-order valence-corrected chi connectivity index (χ4v) is 3.35. The van der Waals surface area contributed by atoms with E-state index < -0.39 is 10.2 Å². The molecule has 1 aliphatic rings. The summed E-state index contributed by atoms with van der Waals surface area (Å²) >= 11 is 0. The van der Waals surface area contributed by atoms with Crippen LogP contribution in [0.25, 0.3) is 0 Å². The van der Waals surface area contributed by atoms with Crippen molar-refractivity contribution in [3.8, 4) is 11.5 Å². The Balaban J connectivity index is 2.07. The van der Waals surface area contributed by atoms with E-state index >= 15 is 0 Å². The monoisotopic (exact) mass is 315 g/mol. The zero-order valence-electron chi connectivity index (χ0n) is 12.3. The van der Waals surface area contributed by atoms with Gasteiger partial charge in [-0.25, -0.2) is 0 Å². The maximum absolute atomic E-state index is 12.2. The molecule has 0 spiro atoms. The van der Waals surface area contributed by atoms with E-state index in [9.17, 15) is 8.42 Å². The molecule has 0 radical (unpaired) electrons. The number of piperazine rings is 1. The molecule has 118 valence electrons. The Labute approximate surface area is 125 Å². The lowest BCUT2D eigenvalue weighted by atomic mass is 10.2. The third-order valence-electron chi connectivity index (χ3n) is 3.35. The summed E-state index contributed by atoms with van der Waals surface area (Å²) in [5.41, 5.74) is 0.732. The molecule has 0 saturated carbocycles. The van der Waals surface area contributed by atoms with Crippen molar-refractivity contribution in [1.29, 1.82) is 0 Å². The Morgan fingerprint density at radius 2 is 1.95 bits per heavy atom. The number of ether oxygens (including phenoxy) is 2. The molecule has 1 saturated heterocycles. The van der Waals surface area contributed by atoms with Gasteiger partial charge in [-0.1, -0.05) is 0 Å². The van der Waals surface area contributed by atoms with Crippen molar-refractivity contribution in [2.75, 3.05) is 40.4 Å². The van der Waals surface area contributed by atoms with Gasteiger partial charge in [0.2, 0.25) is 0 Å². The number of nitrogens with zero attached hydrogens (tertiary/aromatic N) is 1. The normalized spacial score (nSPS) is 16.7. The molecule has 7 nitrogen and oxygen atoms in total. The second kappa shape index (κ2) is 7.08. The van der Waals surface area contributed by atoms with Crippen LogP contribution in [0.2, 0.25) is 0 Å². The molecule has 21 heavy (non-hydrogen) atoms. The van der Waals surface area contributed by atoms with E-state index in [0.29, 0.717) is 37.7 Å². The second-order valence-corrected chi connectivity index (χ2v) is 6.41. The smallest absolute Gasteiger partial charge is 0.279 e. The van der Waals surface area contributed by atoms with Crippen molar-refractivity contribution in [1.82, 2.24) is 14.3 Å². The van der Waals surface area contributed by atoms with Crippen LogP contribution in [0.1, 0.15) is 5.56 Å². The molecule has 1 aromatic rings. The van der Waals surface area contributed by atoms with E-state index in [-0.39, 0.29) is 6.54 Å². The number of nitrogens with one attached hydrogen (secondary N) is 2. The molecular formula is C13H21N3O4S. The predicted molar refractivity (Wildman–Crippen MR) is 79.7 cm³/mol. The highest BCUT2D eigenvalue weighted by Crippen LogP contribution is 2.24. The minimum atomic E-state index is -3.48. The van der Waals surface area contributed by atoms with Gasteiger partial charge in [0.15, 0.2) is 0 Å². The molecule has 8 heteroatoms. The molecule has 0 unspecified atom stereocenters. The maximum atomic E-state index is 12.2. The van der Waals surface area contributed by atoms with Gasteiger partial charge in [0.1, 0.15) is 11.5 Å². The minimum absolute atomic E-state index is 0.159. The highest BCUT2D eigenvalue weighted by molar-refractivity contribution is 7.87. The van der Waals surface area contributed by atoms with E-state index in [4.69, 9.17) is 9.47 Å². The fourth-order valence-electron chi connectivity index (χ4n) is 2.16. The largest absolute Gasteiger partial charge is 0.497 e. The predicted octanol–water partition coefficient (Wildman–Crippen LogP) is -0.0566. The Kier molecular flexibility index (Phi) is 5.40. The van der Waals surface area contributed by atoms with Crippen LogP contribution >= 0.6 is 0 Å². The third kappa shape index (κ3) is 4.07. The van der Waals surface area contributed by atoms with Crippen molar-refractivity contribution in [2.45, 2.75) is 6.54 Å². The highest BCUT2D eigenvalue weighted by Gasteiger charge is 2.23. The fraction of sp³-hybridized carbons (Fsp3) is 0.538. The van der Waals surface area contributed by atoms with Crippen molar-refractivity contribution in [2.24, 2.45) is 0 Å². The lowest BCUT2D eigenvalue weighted by Crippen LogP contribution is -2.50. The minimum Gasteiger partial charge on any atom is -0.497 e. The highest BCUT2D eigenvalue weighted by atomic mass is 32.2. The number of benzene rings is 1. The van der Waals surface area contributed by atoms with Gasteiger partial charge < -0.3 is 14.8 Å². The summed E-state index contributed by atoms with van der Waals surface area (Å²) in [6, 6.07) is 5.29. The molecule has 0 atom stereocenters. The molecular weight excluding hydrogens is 294 g/mol. The van der Waals surface area contributed by atoms with Gasteiger partial charge in [0.05, 0.1) is 14.2 Å². The van der Waals surface area contributed by atoms with Crippen LogP contribution in [-0.4, -0.2) is 53.1 Å². The molecule has 0 bridgehead atoms. The third-order valence-corrected chi connectivity index (χ3v) is 4.90. The van der Waals surface area contributed by atoms with E-state index in [1.807, 2.05) is 0 Å². The molecule has 1 aliphatic heterocycles. The zero-order chi connectivity index (χ0) is 15.3. The Morgan fingerprint density at radius 3 is 2.57 bits per heavy atom. The van der Waals surface area contributed by atoms with E-state index in [2.05, 4.69) is 10.0 Å². The Morgan fingerprint density at radius 1 is 1.24 bits per heavy atom. The van der Waals surface area contributed by atoms with Crippen LogP contribution in [0.3, 0.4) is 0 Å². The number of methoxy groups -OCH3 is 2. The Bertz CT molecular complexity index is 571. The maximum Gasteiger partial charge on any atom is 0.279 e. The molecule has 2 N–H and O–H groups in total. The summed E-state index contributed by atoms with van der Waals surface area (Å²) in [4.78, 5) is 0. The van der Waals surface area contributed by atoms with Crippen molar-refractivity contribution in [3.05, 3.63) is 23.8 Å². The van der Waals surface area contributed by atoms with Gasteiger partial charge in [-0.2, -0.15) is 17.4 Å². The number of hydrogen-bond acceptors (Lipinski definition) is 5. The average molecular weight is 315 g/mol. The standard InChI is InChI=1S/C13H21N3O4S/c1-19-12-3-4-13(20-2)11(9-12)10-15-21(17,18)16-7-5-14-6-8-16/h3-4,9,14-15H,5-8,10H2,1-2H3. The van der Waals surface area contributed by atoms with Crippen LogP contribution < -0.4 is 19.5 Å². The molecule has 1 heterocycles. The van der Waals surface area contributed by atoms with Gasteiger partial charge in [-0.15, -0.1) is 0 Å². The number of rotatable bonds is 6. The summed E-state index contributed by atoms with van der Waals surface area (Å²) in [5, 5.41) is 3.12. The summed E-state index contributed by atoms with van der Waals surface area (Å²) in [7, 11) is -0.361. The summed E-state index contributed by atoms with van der Waals surface area (Å²) in [6.45, 7) is 2.45. The molecule has 2 rings (SSSR count). The first-order valence-corrected chi connectivity index (χ1v) is 8.17. The number of hydrogen-bond donors (Lipinski definition) is 2. The van der Waals surface area contributed by atoms with Crippen LogP contribution in [0, 0.1) is 0 Å². The SMILES string of the molecule is COc1ccc(OC)c(CNS(=O)(=O)N2CCNCC2)c1. The van der Waals surface area contributed by atoms with Gasteiger partial charge in [0, 0.05) is 38.3 Å². The van der Waals surface area contributed by atoms with E-state index in [0.717, 1.165) is 5.56 Å². The summed E-state index contributed by atoms with van der Waals surface area (Å²) in [6.07, 6.45) is 0. The van der Waals surface area contributed by atoms with Gasteiger partial charge in [-0.05, 0) is 18.2 Å². The topological polar surface area (TPSA) is 79.9 Å². The molecule has 1 aromatic carbocycles. The van der Waals surface area contributed by atoms with E-state index in [1.165, 1.54) is 4.31 Å². The Hall–Kier alpha value is -1.35. The molecule has 1 fully saturated rings. The first-order valence-electron chi connectivity index (χ1n) is 6.73. The quantitative estimate of drug-likeness (QED) is 0.769. The lowest BCUT2D eigenvalue weighted by molar-refractivity contribution is 0.354.